The fourth-order valence-electron chi connectivity index (χ4n) is 3.37. The van der Waals surface area contributed by atoms with Crippen LogP contribution in [-0.2, 0) is 17.8 Å². The van der Waals surface area contributed by atoms with Crippen molar-refractivity contribution in [2.24, 2.45) is 0 Å². The van der Waals surface area contributed by atoms with Crippen molar-refractivity contribution in [3.63, 3.8) is 0 Å². The molecular weight excluding hydrogens is 367 g/mol. The molecule has 1 aromatic heterocycles. The minimum atomic E-state index is -0.407. The summed E-state index contributed by atoms with van der Waals surface area (Å²) in [7, 11) is 1.64. The Morgan fingerprint density at radius 3 is 2.69 bits per heavy atom. The van der Waals surface area contributed by atoms with Gasteiger partial charge in [0.1, 0.15) is 5.82 Å². The van der Waals surface area contributed by atoms with Crippen LogP contribution in [0.4, 0.5) is 4.39 Å². The third kappa shape index (κ3) is 5.55. The number of methoxy groups -OCH3 is 1. The van der Waals surface area contributed by atoms with Crippen molar-refractivity contribution in [3.8, 4) is 0 Å². The summed E-state index contributed by atoms with van der Waals surface area (Å²) < 4.78 is 20.9. The smallest absolute Gasteiger partial charge is 0.254 e. The van der Waals surface area contributed by atoms with E-state index in [2.05, 4.69) is 23.6 Å². The average Bonchev–Trinajstić information content (AvgIpc) is 3.15. The highest BCUT2D eigenvalue weighted by Crippen LogP contribution is 2.16. The van der Waals surface area contributed by atoms with E-state index in [0.29, 0.717) is 25.3 Å². The van der Waals surface area contributed by atoms with Crippen LogP contribution in [0.5, 0.6) is 0 Å². The minimum absolute atomic E-state index is 0.177. The molecule has 0 atom stereocenters. The van der Waals surface area contributed by atoms with Gasteiger partial charge in [0.05, 0.1) is 6.54 Å². The predicted molar refractivity (Wildman–Crippen MR) is 112 cm³/mol. The molecule has 0 saturated heterocycles. The standard InChI is InChI=1S/C24H27FN2O2/c1-19-8-3-4-9-21(19)17-26-13-6-12-23(26)18-27(14-7-15-29-2)24(28)20-10-5-11-22(25)16-20/h3-6,8-13,16H,7,14-15,17-18H2,1-2H3. The van der Waals surface area contributed by atoms with Gasteiger partial charge in [0.2, 0.25) is 0 Å². The van der Waals surface area contributed by atoms with E-state index >= 15 is 0 Å². The number of carbonyl (C=O) groups excluding carboxylic acids is 1. The van der Waals surface area contributed by atoms with Crippen molar-refractivity contribution in [1.29, 1.82) is 0 Å². The highest BCUT2D eigenvalue weighted by Gasteiger charge is 2.18. The van der Waals surface area contributed by atoms with Gasteiger partial charge in [-0.05, 0) is 54.8 Å². The van der Waals surface area contributed by atoms with E-state index in [1.165, 1.54) is 23.3 Å². The van der Waals surface area contributed by atoms with Crippen LogP contribution in [0.1, 0.15) is 33.6 Å². The Morgan fingerprint density at radius 1 is 1.10 bits per heavy atom. The van der Waals surface area contributed by atoms with Crippen molar-refractivity contribution in [2.75, 3.05) is 20.3 Å². The monoisotopic (exact) mass is 394 g/mol. The summed E-state index contributed by atoms with van der Waals surface area (Å²) in [4.78, 5) is 14.8. The van der Waals surface area contributed by atoms with Gasteiger partial charge in [0, 0.05) is 44.3 Å². The van der Waals surface area contributed by atoms with Gasteiger partial charge < -0.3 is 14.2 Å². The van der Waals surface area contributed by atoms with Crippen molar-refractivity contribution < 1.29 is 13.9 Å². The summed E-state index contributed by atoms with van der Waals surface area (Å²) in [6.45, 7) is 4.41. The molecule has 0 spiro atoms. The van der Waals surface area contributed by atoms with E-state index in [1.807, 2.05) is 30.5 Å². The second-order valence-corrected chi connectivity index (χ2v) is 7.14. The number of halogens is 1. The van der Waals surface area contributed by atoms with E-state index in [1.54, 1.807) is 24.1 Å². The molecule has 0 radical (unpaired) electrons. The van der Waals surface area contributed by atoms with Crippen LogP contribution in [0, 0.1) is 12.7 Å². The van der Waals surface area contributed by atoms with Gasteiger partial charge in [-0.1, -0.05) is 30.3 Å². The number of benzene rings is 2. The fourth-order valence-corrected chi connectivity index (χ4v) is 3.37. The molecule has 5 heteroatoms. The van der Waals surface area contributed by atoms with Crippen LogP contribution in [0.25, 0.3) is 0 Å². The largest absolute Gasteiger partial charge is 0.385 e. The van der Waals surface area contributed by atoms with E-state index < -0.39 is 5.82 Å². The Bertz CT molecular complexity index is 951. The van der Waals surface area contributed by atoms with E-state index in [9.17, 15) is 9.18 Å². The first-order valence-electron chi connectivity index (χ1n) is 9.81. The second-order valence-electron chi connectivity index (χ2n) is 7.14. The van der Waals surface area contributed by atoms with Crippen molar-refractivity contribution >= 4 is 5.91 Å². The topological polar surface area (TPSA) is 34.5 Å². The number of nitrogens with zero attached hydrogens (tertiary/aromatic N) is 2. The van der Waals surface area contributed by atoms with Gasteiger partial charge in [0.25, 0.3) is 5.91 Å². The third-order valence-electron chi connectivity index (χ3n) is 5.01. The third-order valence-corrected chi connectivity index (χ3v) is 5.01. The van der Waals surface area contributed by atoms with Crippen LogP contribution >= 0.6 is 0 Å². The summed E-state index contributed by atoms with van der Waals surface area (Å²) in [5.74, 6) is -0.583. The van der Waals surface area contributed by atoms with Crippen molar-refractivity contribution in [1.82, 2.24) is 9.47 Å². The molecule has 0 N–H and O–H groups in total. The minimum Gasteiger partial charge on any atom is -0.385 e. The lowest BCUT2D eigenvalue weighted by Gasteiger charge is -2.24. The molecule has 0 saturated carbocycles. The molecule has 1 heterocycles. The zero-order chi connectivity index (χ0) is 20.6. The number of ether oxygens (including phenoxy) is 1. The van der Waals surface area contributed by atoms with Crippen LogP contribution in [-0.4, -0.2) is 35.6 Å². The van der Waals surface area contributed by atoms with E-state index in [0.717, 1.165) is 18.7 Å². The van der Waals surface area contributed by atoms with Crippen LogP contribution in [0.3, 0.4) is 0 Å². The number of amides is 1. The summed E-state index contributed by atoms with van der Waals surface area (Å²) in [6, 6.07) is 18.2. The summed E-state index contributed by atoms with van der Waals surface area (Å²) in [5.41, 5.74) is 3.88. The SMILES string of the molecule is COCCCN(Cc1cccn1Cc1ccccc1C)C(=O)c1cccc(F)c1. The van der Waals surface area contributed by atoms with Gasteiger partial charge >= 0.3 is 0 Å². The maximum absolute atomic E-state index is 13.6. The molecule has 3 aromatic rings. The molecule has 29 heavy (non-hydrogen) atoms. The van der Waals surface area contributed by atoms with Crippen molar-refractivity contribution in [2.45, 2.75) is 26.4 Å². The number of hydrogen-bond acceptors (Lipinski definition) is 2. The van der Waals surface area contributed by atoms with E-state index in [4.69, 9.17) is 4.74 Å². The van der Waals surface area contributed by atoms with Gasteiger partial charge in [-0.25, -0.2) is 4.39 Å². The van der Waals surface area contributed by atoms with E-state index in [-0.39, 0.29) is 5.91 Å². The highest BCUT2D eigenvalue weighted by atomic mass is 19.1. The summed E-state index contributed by atoms with van der Waals surface area (Å²) in [6.07, 6.45) is 2.75. The van der Waals surface area contributed by atoms with Crippen LogP contribution in [0.15, 0.2) is 66.9 Å². The Labute approximate surface area is 171 Å². The highest BCUT2D eigenvalue weighted by molar-refractivity contribution is 5.94. The molecule has 0 fully saturated rings. The summed E-state index contributed by atoms with van der Waals surface area (Å²) >= 11 is 0. The summed E-state index contributed by atoms with van der Waals surface area (Å²) in [5, 5.41) is 0. The fraction of sp³-hybridized carbons (Fsp3) is 0.292. The molecule has 4 nitrogen and oxygen atoms in total. The second kappa shape index (κ2) is 10.0. The molecule has 3 rings (SSSR count). The molecule has 0 bridgehead atoms. The maximum Gasteiger partial charge on any atom is 0.254 e. The molecule has 152 valence electrons. The first-order chi connectivity index (χ1) is 14.1. The lowest BCUT2D eigenvalue weighted by molar-refractivity contribution is 0.0719. The van der Waals surface area contributed by atoms with Crippen LogP contribution < -0.4 is 0 Å². The molecule has 0 aliphatic carbocycles. The number of rotatable bonds is 9. The van der Waals surface area contributed by atoms with Gasteiger partial charge in [-0.2, -0.15) is 0 Å². The normalized spacial score (nSPS) is 10.9. The first-order valence-corrected chi connectivity index (χ1v) is 9.81. The number of aryl methyl sites for hydroxylation is 1. The Morgan fingerprint density at radius 2 is 1.93 bits per heavy atom. The predicted octanol–water partition coefficient (Wildman–Crippen LogP) is 4.66. The van der Waals surface area contributed by atoms with Gasteiger partial charge in [0.15, 0.2) is 0 Å². The molecule has 2 aromatic carbocycles. The number of carbonyl (C=O) groups is 1. The quantitative estimate of drug-likeness (QED) is 0.495. The molecule has 0 unspecified atom stereocenters. The lowest BCUT2D eigenvalue weighted by atomic mass is 10.1. The Hall–Kier alpha value is -2.92. The number of aromatic nitrogens is 1. The zero-order valence-corrected chi connectivity index (χ0v) is 17.0. The lowest BCUT2D eigenvalue weighted by Crippen LogP contribution is -2.33. The number of hydrogen-bond donors (Lipinski definition) is 0. The molecular formula is C24H27FN2O2. The Kier molecular flexibility index (Phi) is 7.19. The van der Waals surface area contributed by atoms with Gasteiger partial charge in [-0.15, -0.1) is 0 Å². The average molecular weight is 394 g/mol. The molecule has 1 amide bonds. The molecule has 0 aliphatic heterocycles. The Balaban J connectivity index is 1.80. The maximum atomic E-state index is 13.6. The van der Waals surface area contributed by atoms with Crippen molar-refractivity contribution in [3.05, 3.63) is 95.1 Å². The molecule has 0 aliphatic rings. The van der Waals surface area contributed by atoms with Crippen LogP contribution in [0.2, 0.25) is 0 Å². The first kappa shape index (κ1) is 20.8. The zero-order valence-electron chi connectivity index (χ0n) is 17.0. The van der Waals surface area contributed by atoms with Gasteiger partial charge in [-0.3, -0.25) is 4.79 Å².